The van der Waals surface area contributed by atoms with Crippen molar-refractivity contribution in [2.24, 2.45) is 0 Å². The highest BCUT2D eigenvalue weighted by Crippen LogP contribution is 2.39. The third-order valence-corrected chi connectivity index (χ3v) is 9.98. The Hall–Kier alpha value is -2.49. The Labute approximate surface area is 163 Å². The average Bonchev–Trinajstić information content (AvgIpc) is 2.70. The Balaban J connectivity index is 2.22. The second-order valence-electron chi connectivity index (χ2n) is 7.75. The quantitative estimate of drug-likeness (QED) is 0.469. The highest BCUT2D eigenvalue weighted by atomic mass is 28.4. The third kappa shape index (κ3) is 3.80. The van der Waals surface area contributed by atoms with Gasteiger partial charge in [0.05, 0.1) is 0 Å². The Bertz CT molecular complexity index is 816. The van der Waals surface area contributed by atoms with E-state index >= 15 is 0 Å². The maximum atomic E-state index is 12.1. The van der Waals surface area contributed by atoms with Crippen LogP contribution >= 0.6 is 0 Å². The molecule has 3 aromatic rings. The first-order valence-electron chi connectivity index (χ1n) is 9.28. The largest absolute Gasteiger partial charge is 0.394 e. The van der Waals surface area contributed by atoms with Gasteiger partial charge in [-0.3, -0.25) is 0 Å². The molecular weight excluding hydrogens is 348 g/mol. The van der Waals surface area contributed by atoms with Crippen molar-refractivity contribution in [2.45, 2.75) is 31.9 Å². The van der Waals surface area contributed by atoms with Crippen LogP contribution in [0.2, 0.25) is 5.04 Å². The van der Waals surface area contributed by atoms with E-state index in [1.807, 2.05) is 66.7 Å². The molecule has 0 amide bonds. The van der Waals surface area contributed by atoms with Gasteiger partial charge in [-0.2, -0.15) is 0 Å². The minimum Gasteiger partial charge on any atom is -0.394 e. The van der Waals surface area contributed by atoms with Crippen LogP contribution in [0.4, 0.5) is 0 Å². The fourth-order valence-electron chi connectivity index (χ4n) is 3.70. The fourth-order valence-corrected chi connectivity index (χ4v) is 8.29. The predicted molar refractivity (Wildman–Crippen MR) is 114 cm³/mol. The molecule has 0 heterocycles. The van der Waals surface area contributed by atoms with Crippen LogP contribution in [-0.2, 0) is 9.22 Å². The lowest BCUT2D eigenvalue weighted by Crippen LogP contribution is -2.67. The predicted octanol–water partition coefficient (Wildman–Crippen LogP) is 4.50. The molecule has 0 saturated carbocycles. The summed E-state index contributed by atoms with van der Waals surface area (Å²) in [5.74, 6) is 0. The van der Waals surface area contributed by atoms with Gasteiger partial charge in [0.2, 0.25) is 0 Å². The van der Waals surface area contributed by atoms with Gasteiger partial charge in [0.25, 0.3) is 8.32 Å². The second-order valence-corrected chi connectivity index (χ2v) is 12.0. The molecule has 3 aromatic carbocycles. The van der Waals surface area contributed by atoms with Crippen molar-refractivity contribution in [1.82, 2.24) is 0 Å². The van der Waals surface area contributed by atoms with E-state index in [1.165, 1.54) is 10.4 Å². The summed E-state index contributed by atoms with van der Waals surface area (Å²) < 4.78 is 6.88. The molecule has 1 unspecified atom stereocenters. The van der Waals surface area contributed by atoms with E-state index in [9.17, 15) is 4.79 Å². The van der Waals surface area contributed by atoms with Crippen LogP contribution in [0, 0.1) is 0 Å². The molecule has 3 heteroatoms. The monoisotopic (exact) mass is 374 g/mol. The number of benzene rings is 3. The Morgan fingerprint density at radius 3 is 1.52 bits per heavy atom. The van der Waals surface area contributed by atoms with E-state index in [2.05, 4.69) is 45.0 Å². The number of carbonyl (C=O) groups is 1. The lowest BCUT2D eigenvalue weighted by atomic mass is 10.1. The molecule has 138 valence electrons. The molecule has 0 aliphatic heterocycles. The van der Waals surface area contributed by atoms with E-state index < -0.39 is 14.4 Å². The number of aldehydes is 1. The molecule has 3 rings (SSSR count). The van der Waals surface area contributed by atoms with Crippen LogP contribution in [0.5, 0.6) is 0 Å². The van der Waals surface area contributed by atoms with Crippen LogP contribution in [-0.4, -0.2) is 14.6 Å². The molecule has 0 bridgehead atoms. The SMILES string of the molecule is CC(C)(C)[Si](OC(C=O)c1ccccc1)(c1ccccc1)c1ccccc1. The van der Waals surface area contributed by atoms with Gasteiger partial charge >= 0.3 is 0 Å². The lowest BCUT2D eigenvalue weighted by molar-refractivity contribution is -0.114. The first-order chi connectivity index (χ1) is 13.0. The van der Waals surface area contributed by atoms with E-state index in [1.54, 1.807) is 0 Å². The third-order valence-electron chi connectivity index (χ3n) is 4.97. The van der Waals surface area contributed by atoms with Gasteiger partial charge in [-0.1, -0.05) is 112 Å². The number of rotatable bonds is 6. The topological polar surface area (TPSA) is 26.3 Å². The Kier molecular flexibility index (Phi) is 5.73. The maximum absolute atomic E-state index is 12.1. The average molecular weight is 375 g/mol. The van der Waals surface area contributed by atoms with E-state index in [4.69, 9.17) is 4.43 Å². The van der Waals surface area contributed by atoms with Crippen LogP contribution in [0.3, 0.4) is 0 Å². The van der Waals surface area contributed by atoms with Gasteiger partial charge in [-0.25, -0.2) is 0 Å². The van der Waals surface area contributed by atoms with Gasteiger partial charge in [0, 0.05) is 0 Å². The lowest BCUT2D eigenvalue weighted by Gasteiger charge is -2.44. The number of hydrogen-bond donors (Lipinski definition) is 0. The van der Waals surface area contributed by atoms with Gasteiger partial charge in [-0.05, 0) is 21.0 Å². The molecule has 27 heavy (non-hydrogen) atoms. The Morgan fingerprint density at radius 2 is 1.15 bits per heavy atom. The molecular formula is C24H26O2Si. The molecule has 0 N–H and O–H groups in total. The highest BCUT2D eigenvalue weighted by molar-refractivity contribution is 6.99. The summed E-state index contributed by atoms with van der Waals surface area (Å²) in [6.07, 6.45) is 0.326. The zero-order valence-electron chi connectivity index (χ0n) is 16.1. The zero-order chi connectivity index (χ0) is 19.3. The zero-order valence-corrected chi connectivity index (χ0v) is 17.1. The van der Waals surface area contributed by atoms with Crippen LogP contribution in [0.1, 0.15) is 32.4 Å². The summed E-state index contributed by atoms with van der Waals surface area (Å²) in [6.45, 7) is 6.64. The number of hydrogen-bond acceptors (Lipinski definition) is 2. The molecule has 0 radical (unpaired) electrons. The summed E-state index contributed by atoms with van der Waals surface area (Å²) >= 11 is 0. The van der Waals surface area contributed by atoms with E-state index in [0.717, 1.165) is 11.8 Å². The molecule has 0 aromatic heterocycles. The maximum Gasteiger partial charge on any atom is 0.262 e. The molecule has 0 aliphatic carbocycles. The highest BCUT2D eigenvalue weighted by Gasteiger charge is 2.51. The fraction of sp³-hybridized carbons (Fsp3) is 0.208. The molecule has 0 fully saturated rings. The minimum absolute atomic E-state index is 0.161. The molecule has 2 nitrogen and oxygen atoms in total. The molecule has 0 saturated heterocycles. The first kappa shape index (κ1) is 19.3. The van der Waals surface area contributed by atoms with E-state index in [-0.39, 0.29) is 5.04 Å². The molecule has 0 aliphatic rings. The summed E-state index contributed by atoms with van der Waals surface area (Å²) in [7, 11) is -2.75. The van der Waals surface area contributed by atoms with Crippen molar-refractivity contribution in [3.63, 3.8) is 0 Å². The van der Waals surface area contributed by atoms with E-state index in [0.29, 0.717) is 0 Å². The molecule has 1 atom stereocenters. The van der Waals surface area contributed by atoms with Crippen LogP contribution in [0.15, 0.2) is 91.0 Å². The van der Waals surface area contributed by atoms with Gasteiger partial charge < -0.3 is 9.22 Å². The second kappa shape index (κ2) is 8.03. The van der Waals surface area contributed by atoms with Crippen molar-refractivity contribution < 1.29 is 9.22 Å². The summed E-state index contributed by atoms with van der Waals surface area (Å²) in [5.41, 5.74) is 0.889. The Morgan fingerprint density at radius 1 is 0.741 bits per heavy atom. The summed E-state index contributed by atoms with van der Waals surface area (Å²) in [6, 6.07) is 30.5. The minimum atomic E-state index is -2.75. The van der Waals surface area contributed by atoms with Crippen LogP contribution in [0.25, 0.3) is 0 Å². The van der Waals surface area contributed by atoms with Crippen molar-refractivity contribution in [3.05, 3.63) is 96.6 Å². The smallest absolute Gasteiger partial charge is 0.262 e. The van der Waals surface area contributed by atoms with Gasteiger partial charge in [0.15, 0.2) is 6.29 Å². The van der Waals surface area contributed by atoms with Gasteiger partial charge in [-0.15, -0.1) is 0 Å². The first-order valence-corrected chi connectivity index (χ1v) is 11.2. The molecule has 0 spiro atoms. The normalized spacial score (nSPS) is 13.1. The van der Waals surface area contributed by atoms with Crippen molar-refractivity contribution in [3.8, 4) is 0 Å². The van der Waals surface area contributed by atoms with Crippen molar-refractivity contribution in [2.75, 3.05) is 0 Å². The van der Waals surface area contributed by atoms with Gasteiger partial charge in [0.1, 0.15) is 6.10 Å². The van der Waals surface area contributed by atoms with Crippen molar-refractivity contribution in [1.29, 1.82) is 0 Å². The summed E-state index contributed by atoms with van der Waals surface area (Å²) in [4.78, 5) is 12.1. The van der Waals surface area contributed by atoms with Crippen LogP contribution < -0.4 is 10.4 Å². The van der Waals surface area contributed by atoms with Crippen molar-refractivity contribution >= 4 is 25.0 Å². The standard InChI is InChI=1S/C24H26O2Si/c1-24(2,3)27(21-15-9-5-10-16-21,22-17-11-6-12-18-22)26-23(19-25)20-13-7-4-8-14-20/h4-19,23H,1-3H3. The summed E-state index contributed by atoms with van der Waals surface area (Å²) in [5, 5.41) is 2.18. The number of carbonyl (C=O) groups excluding carboxylic acids is 1.